The van der Waals surface area contributed by atoms with E-state index in [-0.39, 0.29) is 12.4 Å². The molecule has 0 aliphatic carbocycles. The Morgan fingerprint density at radius 2 is 1.78 bits per heavy atom. The van der Waals surface area contributed by atoms with Crippen molar-refractivity contribution in [2.45, 2.75) is 26.3 Å². The van der Waals surface area contributed by atoms with Crippen molar-refractivity contribution < 1.29 is 14.2 Å². The molecule has 2 aromatic rings. The molecular formula is C22H30ClNO3. The SMILES string of the molecule is C=CCc1cc(CNCCc2ccccc2OC)cc(OC)c1OCC.Cl. The molecule has 5 heteroatoms. The normalized spacial score (nSPS) is 10.0. The maximum absolute atomic E-state index is 5.77. The molecule has 0 unspecified atom stereocenters. The fourth-order valence-corrected chi connectivity index (χ4v) is 2.96. The molecule has 0 radical (unpaired) electrons. The van der Waals surface area contributed by atoms with E-state index in [1.54, 1.807) is 14.2 Å². The van der Waals surface area contributed by atoms with Gasteiger partial charge >= 0.3 is 0 Å². The van der Waals surface area contributed by atoms with Crippen LogP contribution >= 0.6 is 12.4 Å². The molecule has 0 heterocycles. The summed E-state index contributed by atoms with van der Waals surface area (Å²) in [6, 6.07) is 12.3. The maximum atomic E-state index is 5.77. The number of ether oxygens (including phenoxy) is 3. The Balaban J connectivity index is 0.00000364. The van der Waals surface area contributed by atoms with Crippen LogP contribution in [0.1, 0.15) is 23.6 Å². The van der Waals surface area contributed by atoms with Crippen molar-refractivity contribution in [2.24, 2.45) is 0 Å². The van der Waals surface area contributed by atoms with E-state index in [9.17, 15) is 0 Å². The van der Waals surface area contributed by atoms with Crippen LogP contribution in [0.5, 0.6) is 17.2 Å². The van der Waals surface area contributed by atoms with Crippen molar-refractivity contribution in [3.05, 3.63) is 65.7 Å². The number of para-hydroxylation sites is 1. The molecule has 27 heavy (non-hydrogen) atoms. The summed E-state index contributed by atoms with van der Waals surface area (Å²) in [6.45, 7) is 8.06. The second-order valence-corrected chi connectivity index (χ2v) is 5.95. The lowest BCUT2D eigenvalue weighted by Gasteiger charge is -2.16. The van der Waals surface area contributed by atoms with E-state index in [0.717, 1.165) is 48.7 Å². The Morgan fingerprint density at radius 1 is 1.04 bits per heavy atom. The highest BCUT2D eigenvalue weighted by Crippen LogP contribution is 2.33. The average Bonchev–Trinajstić information content (AvgIpc) is 2.67. The number of methoxy groups -OCH3 is 2. The summed E-state index contributed by atoms with van der Waals surface area (Å²) in [5.41, 5.74) is 3.48. The van der Waals surface area contributed by atoms with Gasteiger partial charge in [-0.3, -0.25) is 0 Å². The van der Waals surface area contributed by atoms with E-state index in [2.05, 4.69) is 24.0 Å². The number of allylic oxidation sites excluding steroid dienone is 1. The molecule has 0 aliphatic rings. The van der Waals surface area contributed by atoms with E-state index in [1.807, 2.05) is 37.3 Å². The molecule has 148 valence electrons. The van der Waals surface area contributed by atoms with Gasteiger partial charge in [0.2, 0.25) is 0 Å². The smallest absolute Gasteiger partial charge is 0.164 e. The monoisotopic (exact) mass is 391 g/mol. The predicted octanol–water partition coefficient (Wildman–Crippen LogP) is 4.59. The summed E-state index contributed by atoms with van der Waals surface area (Å²) in [5, 5.41) is 3.50. The lowest BCUT2D eigenvalue weighted by molar-refractivity contribution is 0.308. The van der Waals surface area contributed by atoms with Gasteiger partial charge in [0.1, 0.15) is 5.75 Å². The Labute approximate surface area is 168 Å². The fourth-order valence-electron chi connectivity index (χ4n) is 2.96. The van der Waals surface area contributed by atoms with Crippen LogP contribution in [0, 0.1) is 0 Å². The van der Waals surface area contributed by atoms with Gasteiger partial charge in [-0.15, -0.1) is 19.0 Å². The summed E-state index contributed by atoms with van der Waals surface area (Å²) < 4.78 is 16.7. The molecule has 0 saturated heterocycles. The first kappa shape index (κ1) is 22.9. The fraction of sp³-hybridized carbons (Fsp3) is 0.364. The molecule has 0 aliphatic heterocycles. The van der Waals surface area contributed by atoms with Crippen LogP contribution in [0.2, 0.25) is 0 Å². The first-order valence-electron chi connectivity index (χ1n) is 8.99. The lowest BCUT2D eigenvalue weighted by Crippen LogP contribution is -2.17. The first-order chi connectivity index (χ1) is 12.7. The second-order valence-electron chi connectivity index (χ2n) is 5.95. The minimum absolute atomic E-state index is 0. The van der Waals surface area contributed by atoms with E-state index >= 15 is 0 Å². The number of hydrogen-bond donors (Lipinski definition) is 1. The molecule has 0 aromatic heterocycles. The van der Waals surface area contributed by atoms with Crippen molar-refractivity contribution in [2.75, 3.05) is 27.4 Å². The van der Waals surface area contributed by atoms with Gasteiger partial charge in [0.25, 0.3) is 0 Å². The van der Waals surface area contributed by atoms with Crippen LogP contribution in [0.3, 0.4) is 0 Å². The third-order valence-corrected chi connectivity index (χ3v) is 4.16. The van der Waals surface area contributed by atoms with Crippen LogP contribution < -0.4 is 19.5 Å². The summed E-state index contributed by atoms with van der Waals surface area (Å²) in [7, 11) is 3.38. The zero-order valence-corrected chi connectivity index (χ0v) is 17.2. The van der Waals surface area contributed by atoms with E-state index in [0.29, 0.717) is 6.61 Å². The van der Waals surface area contributed by atoms with Gasteiger partial charge in [-0.05, 0) is 49.6 Å². The van der Waals surface area contributed by atoms with E-state index < -0.39 is 0 Å². The Hall–Kier alpha value is -2.17. The number of halogens is 1. The van der Waals surface area contributed by atoms with Gasteiger partial charge in [-0.2, -0.15) is 0 Å². The minimum atomic E-state index is 0. The number of rotatable bonds is 11. The van der Waals surface area contributed by atoms with Crippen molar-refractivity contribution >= 4 is 12.4 Å². The van der Waals surface area contributed by atoms with Crippen LogP contribution in [0.4, 0.5) is 0 Å². The van der Waals surface area contributed by atoms with Gasteiger partial charge in [-0.25, -0.2) is 0 Å². The Bertz CT molecular complexity index is 719. The molecule has 0 fully saturated rings. The van der Waals surface area contributed by atoms with Gasteiger partial charge < -0.3 is 19.5 Å². The van der Waals surface area contributed by atoms with E-state index in [4.69, 9.17) is 14.2 Å². The quantitative estimate of drug-likeness (QED) is 0.449. The summed E-state index contributed by atoms with van der Waals surface area (Å²) in [6.07, 6.45) is 3.55. The maximum Gasteiger partial charge on any atom is 0.164 e. The average molecular weight is 392 g/mol. The van der Waals surface area contributed by atoms with Crippen molar-refractivity contribution in [1.29, 1.82) is 0 Å². The van der Waals surface area contributed by atoms with Gasteiger partial charge in [0.15, 0.2) is 11.5 Å². The number of hydrogen-bond acceptors (Lipinski definition) is 4. The summed E-state index contributed by atoms with van der Waals surface area (Å²) in [4.78, 5) is 0. The molecule has 1 N–H and O–H groups in total. The second kappa shape index (κ2) is 12.3. The van der Waals surface area contributed by atoms with Crippen molar-refractivity contribution in [3.8, 4) is 17.2 Å². The van der Waals surface area contributed by atoms with Crippen LogP contribution in [-0.2, 0) is 19.4 Å². The van der Waals surface area contributed by atoms with E-state index in [1.165, 1.54) is 11.1 Å². The highest BCUT2D eigenvalue weighted by molar-refractivity contribution is 5.85. The lowest BCUT2D eigenvalue weighted by atomic mass is 10.1. The van der Waals surface area contributed by atoms with Crippen molar-refractivity contribution in [3.63, 3.8) is 0 Å². The summed E-state index contributed by atoms with van der Waals surface area (Å²) in [5.74, 6) is 2.52. The zero-order chi connectivity index (χ0) is 18.8. The Kier molecular flexibility index (Phi) is 10.4. The number of nitrogens with one attached hydrogen (secondary N) is 1. The van der Waals surface area contributed by atoms with Crippen molar-refractivity contribution in [1.82, 2.24) is 5.32 Å². The summed E-state index contributed by atoms with van der Waals surface area (Å²) >= 11 is 0. The third-order valence-electron chi connectivity index (χ3n) is 4.16. The molecular weight excluding hydrogens is 362 g/mol. The van der Waals surface area contributed by atoms with Crippen LogP contribution in [-0.4, -0.2) is 27.4 Å². The highest BCUT2D eigenvalue weighted by Gasteiger charge is 2.12. The topological polar surface area (TPSA) is 39.7 Å². The molecule has 0 saturated carbocycles. The molecule has 2 aromatic carbocycles. The van der Waals surface area contributed by atoms with Gasteiger partial charge in [-0.1, -0.05) is 30.3 Å². The predicted molar refractivity (Wildman–Crippen MR) is 114 cm³/mol. The van der Waals surface area contributed by atoms with Crippen LogP contribution in [0.25, 0.3) is 0 Å². The zero-order valence-electron chi connectivity index (χ0n) is 16.4. The number of benzene rings is 2. The van der Waals surface area contributed by atoms with Gasteiger partial charge in [0.05, 0.1) is 20.8 Å². The standard InChI is InChI=1S/C22H29NO3.ClH/c1-5-9-19-14-17(15-21(25-4)22(19)26-6-2)16-23-13-12-18-10-7-8-11-20(18)24-3;/h5,7-8,10-11,14-15,23H,1,6,9,12-13,16H2,2-4H3;1H. The largest absolute Gasteiger partial charge is 0.496 e. The highest BCUT2D eigenvalue weighted by atomic mass is 35.5. The molecule has 4 nitrogen and oxygen atoms in total. The molecule has 2 rings (SSSR count). The molecule has 0 amide bonds. The van der Waals surface area contributed by atoms with Gasteiger partial charge in [0, 0.05) is 12.1 Å². The Morgan fingerprint density at radius 3 is 2.44 bits per heavy atom. The molecule has 0 spiro atoms. The minimum Gasteiger partial charge on any atom is -0.496 e. The first-order valence-corrected chi connectivity index (χ1v) is 8.99. The third kappa shape index (κ3) is 6.49. The molecule has 0 atom stereocenters. The molecule has 0 bridgehead atoms. The van der Waals surface area contributed by atoms with Crippen LogP contribution in [0.15, 0.2) is 49.1 Å².